The third-order valence-corrected chi connectivity index (χ3v) is 5.60. The molecular weight excluding hydrogens is 411 g/mol. The average molecular weight is 429 g/mol. The van der Waals surface area contributed by atoms with Crippen molar-refractivity contribution >= 4 is 35.0 Å². The number of imidazole rings is 1. The highest BCUT2D eigenvalue weighted by atomic mass is 35.5. The first-order valence-electron chi connectivity index (χ1n) is 8.85. The lowest BCUT2D eigenvalue weighted by Crippen LogP contribution is -2.33. The van der Waals surface area contributed by atoms with E-state index < -0.39 is 0 Å². The molecule has 0 aliphatic heterocycles. The minimum absolute atomic E-state index is 0.124. The van der Waals surface area contributed by atoms with Crippen molar-refractivity contribution in [3.05, 3.63) is 71.3 Å². The second-order valence-corrected chi connectivity index (χ2v) is 7.59. The van der Waals surface area contributed by atoms with Gasteiger partial charge in [0.1, 0.15) is 5.82 Å². The number of nitriles is 1. The van der Waals surface area contributed by atoms with Gasteiger partial charge in [-0.15, -0.1) is 0 Å². The van der Waals surface area contributed by atoms with Crippen molar-refractivity contribution in [1.29, 1.82) is 5.26 Å². The van der Waals surface area contributed by atoms with Crippen molar-refractivity contribution in [2.24, 2.45) is 0 Å². The van der Waals surface area contributed by atoms with E-state index in [9.17, 15) is 9.18 Å². The maximum atomic E-state index is 13.5. The van der Waals surface area contributed by atoms with Crippen LogP contribution in [-0.4, -0.2) is 27.8 Å². The standard InChI is InChI=1S/C21H18ClFN4OS/c1-15-12-18(6-7-19(15)22)26(10-3-8-24)20(28)14-29-21-25-9-11-27(21)17-5-2-4-16(23)13-17/h2,4-7,9,11-13H,3,10,14H2,1H3. The van der Waals surface area contributed by atoms with Crippen LogP contribution < -0.4 is 4.90 Å². The first-order chi connectivity index (χ1) is 14.0. The number of anilines is 1. The topological polar surface area (TPSA) is 61.9 Å². The van der Waals surface area contributed by atoms with Crippen LogP contribution in [0.3, 0.4) is 0 Å². The number of carbonyl (C=O) groups excluding carboxylic acids is 1. The van der Waals surface area contributed by atoms with Gasteiger partial charge in [-0.25, -0.2) is 9.37 Å². The summed E-state index contributed by atoms with van der Waals surface area (Å²) in [6, 6.07) is 13.6. The number of benzene rings is 2. The molecule has 8 heteroatoms. The second kappa shape index (κ2) is 9.59. The van der Waals surface area contributed by atoms with Crippen molar-refractivity contribution in [2.45, 2.75) is 18.5 Å². The Hall–Kier alpha value is -2.82. The lowest BCUT2D eigenvalue weighted by molar-refractivity contribution is -0.116. The summed E-state index contributed by atoms with van der Waals surface area (Å²) < 4.78 is 15.3. The van der Waals surface area contributed by atoms with Crippen LogP contribution in [0.15, 0.2) is 60.0 Å². The SMILES string of the molecule is Cc1cc(N(CCC#N)C(=O)CSc2nccn2-c2cccc(F)c2)ccc1Cl. The van der Waals surface area contributed by atoms with E-state index >= 15 is 0 Å². The van der Waals surface area contributed by atoms with Gasteiger partial charge >= 0.3 is 0 Å². The molecule has 1 aromatic heterocycles. The molecule has 2 aromatic carbocycles. The van der Waals surface area contributed by atoms with E-state index in [0.29, 0.717) is 21.6 Å². The van der Waals surface area contributed by atoms with E-state index in [1.807, 2.05) is 13.0 Å². The molecule has 148 valence electrons. The molecule has 5 nitrogen and oxygen atoms in total. The van der Waals surface area contributed by atoms with E-state index in [-0.39, 0.29) is 30.4 Å². The number of nitrogens with zero attached hydrogens (tertiary/aromatic N) is 4. The summed E-state index contributed by atoms with van der Waals surface area (Å²) in [4.78, 5) is 18.8. The van der Waals surface area contributed by atoms with Crippen molar-refractivity contribution in [1.82, 2.24) is 9.55 Å². The van der Waals surface area contributed by atoms with Crippen molar-refractivity contribution in [3.8, 4) is 11.8 Å². The van der Waals surface area contributed by atoms with E-state index in [1.54, 1.807) is 46.1 Å². The normalized spacial score (nSPS) is 10.6. The summed E-state index contributed by atoms with van der Waals surface area (Å²) in [7, 11) is 0. The lowest BCUT2D eigenvalue weighted by atomic mass is 10.2. The summed E-state index contributed by atoms with van der Waals surface area (Å²) in [6.45, 7) is 2.15. The number of hydrogen-bond acceptors (Lipinski definition) is 4. The van der Waals surface area contributed by atoms with Gasteiger partial charge in [0.25, 0.3) is 0 Å². The Morgan fingerprint density at radius 3 is 2.90 bits per heavy atom. The summed E-state index contributed by atoms with van der Waals surface area (Å²) in [5.74, 6) is -0.371. The van der Waals surface area contributed by atoms with Gasteiger partial charge in [-0.2, -0.15) is 5.26 Å². The molecule has 0 bridgehead atoms. The first-order valence-corrected chi connectivity index (χ1v) is 10.2. The van der Waals surface area contributed by atoms with E-state index in [4.69, 9.17) is 16.9 Å². The van der Waals surface area contributed by atoms with Crippen molar-refractivity contribution in [2.75, 3.05) is 17.2 Å². The number of amides is 1. The Labute approximate surface area is 177 Å². The fourth-order valence-corrected chi connectivity index (χ4v) is 3.75. The Balaban J connectivity index is 1.77. The molecule has 3 aromatic rings. The summed E-state index contributed by atoms with van der Waals surface area (Å²) in [5.41, 5.74) is 2.18. The summed E-state index contributed by atoms with van der Waals surface area (Å²) in [6.07, 6.45) is 3.54. The minimum Gasteiger partial charge on any atom is -0.311 e. The predicted octanol–water partition coefficient (Wildman–Crippen LogP) is 5.01. The molecule has 0 unspecified atom stereocenters. The zero-order valence-electron chi connectivity index (χ0n) is 15.7. The Morgan fingerprint density at radius 1 is 1.34 bits per heavy atom. The van der Waals surface area contributed by atoms with E-state index in [0.717, 1.165) is 5.56 Å². The van der Waals surface area contributed by atoms with Crippen LogP contribution in [0.25, 0.3) is 5.69 Å². The number of carbonyl (C=O) groups is 1. The molecule has 0 saturated carbocycles. The molecule has 1 heterocycles. The van der Waals surface area contributed by atoms with Gasteiger partial charge in [0, 0.05) is 29.6 Å². The Morgan fingerprint density at radius 2 is 2.17 bits per heavy atom. The smallest absolute Gasteiger partial charge is 0.237 e. The zero-order chi connectivity index (χ0) is 20.8. The number of hydrogen-bond donors (Lipinski definition) is 0. The molecule has 0 N–H and O–H groups in total. The van der Waals surface area contributed by atoms with Crippen LogP contribution in [-0.2, 0) is 4.79 Å². The maximum Gasteiger partial charge on any atom is 0.237 e. The van der Waals surface area contributed by atoms with Crippen LogP contribution in [0.5, 0.6) is 0 Å². The molecule has 3 rings (SSSR count). The molecule has 0 atom stereocenters. The molecule has 29 heavy (non-hydrogen) atoms. The second-order valence-electron chi connectivity index (χ2n) is 6.24. The van der Waals surface area contributed by atoms with Crippen LogP contribution in [0.1, 0.15) is 12.0 Å². The molecule has 0 radical (unpaired) electrons. The van der Waals surface area contributed by atoms with Crippen LogP contribution in [0.2, 0.25) is 5.02 Å². The minimum atomic E-state index is -0.344. The fraction of sp³-hybridized carbons (Fsp3) is 0.190. The Kier molecular flexibility index (Phi) is 6.91. The first kappa shape index (κ1) is 20.9. The molecule has 1 amide bonds. The van der Waals surface area contributed by atoms with Crippen LogP contribution in [0, 0.1) is 24.1 Å². The fourth-order valence-electron chi connectivity index (χ4n) is 2.78. The van der Waals surface area contributed by atoms with Gasteiger partial charge in [-0.1, -0.05) is 29.4 Å². The van der Waals surface area contributed by atoms with Gasteiger partial charge in [0.05, 0.1) is 23.9 Å². The highest BCUT2D eigenvalue weighted by Crippen LogP contribution is 2.25. The average Bonchev–Trinajstić information content (AvgIpc) is 3.18. The number of aromatic nitrogens is 2. The summed E-state index contributed by atoms with van der Waals surface area (Å²) in [5, 5.41) is 10.1. The number of thioether (sulfide) groups is 1. The molecule has 0 fully saturated rings. The molecule has 0 spiro atoms. The lowest BCUT2D eigenvalue weighted by Gasteiger charge is -2.22. The monoisotopic (exact) mass is 428 g/mol. The van der Waals surface area contributed by atoms with Gasteiger partial charge in [-0.3, -0.25) is 9.36 Å². The quantitative estimate of drug-likeness (QED) is 0.496. The molecule has 0 aliphatic carbocycles. The van der Waals surface area contributed by atoms with Crippen molar-refractivity contribution < 1.29 is 9.18 Å². The maximum absolute atomic E-state index is 13.5. The van der Waals surface area contributed by atoms with Gasteiger partial charge in [0.15, 0.2) is 5.16 Å². The highest BCUT2D eigenvalue weighted by molar-refractivity contribution is 7.99. The Bertz CT molecular complexity index is 1060. The number of halogens is 2. The van der Waals surface area contributed by atoms with Gasteiger partial charge in [-0.05, 0) is 48.9 Å². The largest absolute Gasteiger partial charge is 0.311 e. The molecule has 0 aliphatic rings. The molecular formula is C21H18ClFN4OS. The van der Waals surface area contributed by atoms with E-state index in [2.05, 4.69) is 11.1 Å². The van der Waals surface area contributed by atoms with Crippen LogP contribution in [0.4, 0.5) is 10.1 Å². The van der Waals surface area contributed by atoms with E-state index in [1.165, 1.54) is 23.9 Å². The highest BCUT2D eigenvalue weighted by Gasteiger charge is 2.18. The number of aryl methyl sites for hydroxylation is 1. The predicted molar refractivity (Wildman–Crippen MR) is 113 cm³/mol. The third-order valence-electron chi connectivity index (χ3n) is 4.22. The summed E-state index contributed by atoms with van der Waals surface area (Å²) >= 11 is 7.34. The van der Waals surface area contributed by atoms with Crippen molar-refractivity contribution in [3.63, 3.8) is 0 Å². The van der Waals surface area contributed by atoms with Crippen LogP contribution >= 0.6 is 23.4 Å². The van der Waals surface area contributed by atoms with Gasteiger partial charge in [0.2, 0.25) is 5.91 Å². The number of rotatable bonds is 7. The molecule has 0 saturated heterocycles. The zero-order valence-corrected chi connectivity index (χ0v) is 17.3. The third kappa shape index (κ3) is 5.17. The van der Waals surface area contributed by atoms with Gasteiger partial charge < -0.3 is 4.90 Å².